The Kier molecular flexibility index (Phi) is 9.15. The van der Waals surface area contributed by atoms with Crippen LogP contribution in [0.5, 0.6) is 11.5 Å². The normalized spacial score (nSPS) is 11.6. The number of nitrogens with zero attached hydrogens (tertiary/aromatic N) is 1. The van der Waals surface area contributed by atoms with E-state index in [2.05, 4.69) is 26.1 Å². The van der Waals surface area contributed by atoms with E-state index in [-0.39, 0.29) is 29.1 Å². The standard InChI is InChI=1S/C28H33FN2O5S/c1-5-35-24-14-10-23(11-15-24)31(37(33,34)26-16-8-22(29)9-17-26)20-27(32)30-18-19-36-25-12-6-21(7-13-25)28(2,3)4/h6-17H,5,18-20H2,1-4H3,(H,30,32). The topological polar surface area (TPSA) is 84.9 Å². The lowest BCUT2D eigenvalue weighted by molar-refractivity contribution is -0.119. The predicted molar refractivity (Wildman–Crippen MR) is 142 cm³/mol. The lowest BCUT2D eigenvalue weighted by Gasteiger charge is -2.24. The molecule has 9 heteroatoms. The van der Waals surface area contributed by atoms with Crippen LogP contribution in [0.3, 0.4) is 0 Å². The Labute approximate surface area is 218 Å². The summed E-state index contributed by atoms with van der Waals surface area (Å²) < 4.78 is 52.2. The second-order valence-corrected chi connectivity index (χ2v) is 11.2. The fraction of sp³-hybridized carbons (Fsp3) is 0.321. The van der Waals surface area contributed by atoms with Gasteiger partial charge in [0.05, 0.1) is 23.7 Å². The number of nitrogens with one attached hydrogen (secondary N) is 1. The average Bonchev–Trinajstić information content (AvgIpc) is 2.86. The summed E-state index contributed by atoms with van der Waals surface area (Å²) in [5, 5.41) is 2.70. The number of carbonyl (C=O) groups is 1. The molecule has 198 valence electrons. The molecule has 0 spiro atoms. The molecule has 0 saturated carbocycles. The maximum Gasteiger partial charge on any atom is 0.264 e. The molecule has 0 aliphatic carbocycles. The van der Waals surface area contributed by atoms with E-state index in [1.165, 1.54) is 17.7 Å². The number of halogens is 1. The highest BCUT2D eigenvalue weighted by Crippen LogP contribution is 2.26. The molecule has 0 atom stereocenters. The van der Waals surface area contributed by atoms with E-state index in [9.17, 15) is 17.6 Å². The van der Waals surface area contributed by atoms with Crippen molar-refractivity contribution in [3.05, 3.63) is 84.2 Å². The molecule has 7 nitrogen and oxygen atoms in total. The zero-order valence-corrected chi connectivity index (χ0v) is 22.3. The summed E-state index contributed by atoms with van der Waals surface area (Å²) >= 11 is 0. The second kappa shape index (κ2) is 12.1. The number of hydrogen-bond acceptors (Lipinski definition) is 5. The second-order valence-electron chi connectivity index (χ2n) is 9.37. The summed E-state index contributed by atoms with van der Waals surface area (Å²) in [7, 11) is -4.15. The first kappa shape index (κ1) is 28.0. The molecule has 0 unspecified atom stereocenters. The highest BCUT2D eigenvalue weighted by molar-refractivity contribution is 7.92. The zero-order chi connectivity index (χ0) is 27.1. The van der Waals surface area contributed by atoms with Gasteiger partial charge in [-0.25, -0.2) is 12.8 Å². The minimum Gasteiger partial charge on any atom is -0.494 e. The summed E-state index contributed by atoms with van der Waals surface area (Å²) in [5.41, 5.74) is 1.50. The molecular weight excluding hydrogens is 495 g/mol. The number of rotatable bonds is 11. The fourth-order valence-corrected chi connectivity index (χ4v) is 4.94. The van der Waals surface area contributed by atoms with E-state index < -0.39 is 28.3 Å². The lowest BCUT2D eigenvalue weighted by Crippen LogP contribution is -2.41. The molecule has 1 amide bonds. The van der Waals surface area contributed by atoms with Crippen LogP contribution in [0.4, 0.5) is 10.1 Å². The highest BCUT2D eigenvalue weighted by Gasteiger charge is 2.27. The van der Waals surface area contributed by atoms with E-state index in [0.717, 1.165) is 16.4 Å². The number of benzene rings is 3. The molecule has 3 rings (SSSR count). The van der Waals surface area contributed by atoms with Gasteiger partial charge in [-0.05, 0) is 78.6 Å². The van der Waals surface area contributed by atoms with Crippen LogP contribution >= 0.6 is 0 Å². The van der Waals surface area contributed by atoms with Gasteiger partial charge >= 0.3 is 0 Å². The average molecular weight is 529 g/mol. The number of hydrogen-bond donors (Lipinski definition) is 1. The molecule has 0 saturated heterocycles. The minimum atomic E-state index is -4.15. The van der Waals surface area contributed by atoms with Crippen LogP contribution in [-0.2, 0) is 20.2 Å². The van der Waals surface area contributed by atoms with Crippen molar-refractivity contribution < 1.29 is 27.1 Å². The van der Waals surface area contributed by atoms with Gasteiger partial charge in [0.2, 0.25) is 5.91 Å². The van der Waals surface area contributed by atoms with Gasteiger partial charge < -0.3 is 14.8 Å². The van der Waals surface area contributed by atoms with Crippen molar-refractivity contribution in [1.29, 1.82) is 0 Å². The van der Waals surface area contributed by atoms with Gasteiger partial charge in [-0.15, -0.1) is 0 Å². The summed E-state index contributed by atoms with van der Waals surface area (Å²) in [6, 6.07) is 18.6. The van der Waals surface area contributed by atoms with Crippen molar-refractivity contribution in [3.63, 3.8) is 0 Å². The largest absolute Gasteiger partial charge is 0.494 e. The van der Waals surface area contributed by atoms with E-state index >= 15 is 0 Å². The highest BCUT2D eigenvalue weighted by atomic mass is 32.2. The third kappa shape index (κ3) is 7.69. The first-order valence-corrected chi connectivity index (χ1v) is 13.5. The molecule has 0 aliphatic heterocycles. The van der Waals surface area contributed by atoms with Gasteiger partial charge in [-0.3, -0.25) is 9.10 Å². The maximum absolute atomic E-state index is 13.4. The van der Waals surface area contributed by atoms with E-state index in [1.54, 1.807) is 24.3 Å². The fourth-order valence-electron chi connectivity index (χ4n) is 3.52. The van der Waals surface area contributed by atoms with E-state index in [4.69, 9.17) is 9.47 Å². The monoisotopic (exact) mass is 528 g/mol. The quantitative estimate of drug-likeness (QED) is 0.358. The van der Waals surface area contributed by atoms with Crippen molar-refractivity contribution in [2.75, 3.05) is 30.6 Å². The first-order chi connectivity index (χ1) is 17.5. The lowest BCUT2D eigenvalue weighted by atomic mass is 9.87. The smallest absolute Gasteiger partial charge is 0.264 e. The molecule has 37 heavy (non-hydrogen) atoms. The molecule has 0 fully saturated rings. The van der Waals surface area contributed by atoms with Crippen LogP contribution in [-0.4, -0.2) is 40.6 Å². The zero-order valence-electron chi connectivity index (χ0n) is 21.5. The van der Waals surface area contributed by atoms with Crippen LogP contribution in [0.15, 0.2) is 77.7 Å². The Morgan fingerprint density at radius 2 is 1.46 bits per heavy atom. The van der Waals surface area contributed by atoms with Gasteiger partial charge in [0.15, 0.2) is 0 Å². The maximum atomic E-state index is 13.4. The Morgan fingerprint density at radius 1 is 0.892 bits per heavy atom. The molecule has 0 heterocycles. The van der Waals surface area contributed by atoms with Crippen LogP contribution < -0.4 is 19.1 Å². The summed E-state index contributed by atoms with van der Waals surface area (Å²) in [4.78, 5) is 12.6. The molecule has 0 aliphatic rings. The third-order valence-electron chi connectivity index (χ3n) is 5.54. The van der Waals surface area contributed by atoms with Gasteiger partial charge in [0.25, 0.3) is 10.0 Å². The van der Waals surface area contributed by atoms with Crippen LogP contribution in [0.1, 0.15) is 33.3 Å². The van der Waals surface area contributed by atoms with Gasteiger partial charge in [0, 0.05) is 0 Å². The Morgan fingerprint density at radius 3 is 2.03 bits per heavy atom. The number of sulfonamides is 1. The third-order valence-corrected chi connectivity index (χ3v) is 7.33. The van der Waals surface area contributed by atoms with Crippen molar-refractivity contribution >= 4 is 21.6 Å². The molecule has 0 aromatic heterocycles. The number of amides is 1. The van der Waals surface area contributed by atoms with Crippen LogP contribution in [0, 0.1) is 5.82 Å². The number of ether oxygens (including phenoxy) is 2. The molecule has 0 radical (unpaired) electrons. The van der Waals surface area contributed by atoms with Gasteiger partial charge in [0.1, 0.15) is 30.5 Å². The molecule has 3 aromatic carbocycles. The Hall–Kier alpha value is -3.59. The Balaban J connectivity index is 1.67. The number of anilines is 1. The molecule has 0 bridgehead atoms. The molecule has 1 N–H and O–H groups in total. The van der Waals surface area contributed by atoms with Crippen molar-refractivity contribution in [2.24, 2.45) is 0 Å². The summed E-state index contributed by atoms with van der Waals surface area (Å²) in [5.74, 6) is 0.184. The van der Waals surface area contributed by atoms with Gasteiger partial charge in [-0.2, -0.15) is 0 Å². The van der Waals surface area contributed by atoms with Crippen molar-refractivity contribution in [3.8, 4) is 11.5 Å². The predicted octanol–water partition coefficient (Wildman–Crippen LogP) is 4.91. The minimum absolute atomic E-state index is 0.0377. The Bertz CT molecular complexity index is 1270. The van der Waals surface area contributed by atoms with E-state index in [1.807, 2.05) is 31.2 Å². The molecular formula is C28H33FN2O5S. The van der Waals surface area contributed by atoms with E-state index in [0.29, 0.717) is 18.1 Å². The summed E-state index contributed by atoms with van der Waals surface area (Å²) in [6.07, 6.45) is 0. The first-order valence-electron chi connectivity index (χ1n) is 12.0. The number of carbonyl (C=O) groups excluding carboxylic acids is 1. The van der Waals surface area contributed by atoms with Crippen molar-refractivity contribution in [2.45, 2.75) is 38.0 Å². The SMILES string of the molecule is CCOc1ccc(N(CC(=O)NCCOc2ccc(C(C)(C)C)cc2)S(=O)(=O)c2ccc(F)cc2)cc1. The van der Waals surface area contributed by atoms with Crippen molar-refractivity contribution in [1.82, 2.24) is 5.32 Å². The van der Waals surface area contributed by atoms with Crippen LogP contribution in [0.25, 0.3) is 0 Å². The summed E-state index contributed by atoms with van der Waals surface area (Å²) in [6.45, 7) is 8.63. The van der Waals surface area contributed by atoms with Gasteiger partial charge in [-0.1, -0.05) is 32.9 Å². The van der Waals surface area contributed by atoms with Crippen LogP contribution in [0.2, 0.25) is 0 Å². The molecule has 3 aromatic rings.